The maximum absolute atomic E-state index is 12.2. The molecule has 5 nitrogen and oxygen atoms in total. The van der Waals surface area contributed by atoms with Gasteiger partial charge in [0.05, 0.1) is 12.2 Å². The molecule has 1 aromatic carbocycles. The van der Waals surface area contributed by atoms with Crippen molar-refractivity contribution >= 4 is 11.7 Å². The third-order valence-electron chi connectivity index (χ3n) is 3.23. The molecule has 0 bridgehead atoms. The molecule has 0 spiro atoms. The monoisotopic (exact) mass is 285 g/mol. The molecule has 110 valence electrons. The molecule has 2 aromatic rings. The molecule has 1 N–H and O–H groups in total. The van der Waals surface area contributed by atoms with Crippen molar-refractivity contribution < 1.29 is 9.59 Å². The Hall–Kier alpha value is -2.43. The van der Waals surface area contributed by atoms with Crippen LogP contribution in [0.4, 0.5) is 0 Å². The highest BCUT2D eigenvalue weighted by Gasteiger charge is 2.15. The summed E-state index contributed by atoms with van der Waals surface area (Å²) in [7, 11) is 0. The maximum atomic E-state index is 12.2. The topological polar surface area (TPSA) is 64.0 Å². The van der Waals surface area contributed by atoms with E-state index in [0.717, 1.165) is 12.1 Å². The second-order valence-corrected chi connectivity index (χ2v) is 4.66. The second kappa shape index (κ2) is 6.83. The van der Waals surface area contributed by atoms with Crippen LogP contribution in [0.15, 0.2) is 36.4 Å². The molecular weight excluding hydrogens is 266 g/mol. The fraction of sp³-hybridized carbons (Fsp3) is 0.312. The molecule has 0 aliphatic carbocycles. The van der Waals surface area contributed by atoms with Gasteiger partial charge in [-0.2, -0.15) is 5.10 Å². The molecule has 0 saturated heterocycles. The molecule has 0 aliphatic heterocycles. The van der Waals surface area contributed by atoms with Gasteiger partial charge in [-0.3, -0.25) is 14.3 Å². The highest BCUT2D eigenvalue weighted by atomic mass is 16.2. The van der Waals surface area contributed by atoms with Crippen molar-refractivity contribution in [3.8, 4) is 0 Å². The molecule has 0 aliphatic rings. The Bertz CT molecular complexity index is 632. The van der Waals surface area contributed by atoms with E-state index < -0.39 is 0 Å². The van der Waals surface area contributed by atoms with E-state index in [0.29, 0.717) is 17.8 Å². The zero-order chi connectivity index (χ0) is 15.2. The van der Waals surface area contributed by atoms with Crippen LogP contribution < -0.4 is 5.32 Å². The number of hydrogen-bond donors (Lipinski definition) is 1. The number of hydrogen-bond acceptors (Lipinski definition) is 3. The molecule has 0 saturated carbocycles. The minimum Gasteiger partial charge on any atom is -0.343 e. The fourth-order valence-electron chi connectivity index (χ4n) is 2.04. The smallest absolute Gasteiger partial charge is 0.269 e. The van der Waals surface area contributed by atoms with E-state index >= 15 is 0 Å². The quantitative estimate of drug-likeness (QED) is 0.826. The summed E-state index contributed by atoms with van der Waals surface area (Å²) in [6, 6.07) is 10.7. The van der Waals surface area contributed by atoms with Gasteiger partial charge in [-0.1, -0.05) is 37.3 Å². The van der Waals surface area contributed by atoms with Crippen molar-refractivity contribution in [1.82, 2.24) is 15.1 Å². The van der Waals surface area contributed by atoms with Crippen molar-refractivity contribution in [1.29, 1.82) is 0 Å². The zero-order valence-electron chi connectivity index (χ0n) is 12.3. The summed E-state index contributed by atoms with van der Waals surface area (Å²) in [5, 5.41) is 6.98. The number of Topliss-reactive ketones (excluding diaryl/α,β-unsaturated/α-hetero) is 1. The van der Waals surface area contributed by atoms with Crippen molar-refractivity contribution in [2.24, 2.45) is 0 Å². The van der Waals surface area contributed by atoms with Crippen molar-refractivity contribution in [2.75, 3.05) is 6.54 Å². The molecule has 0 radical (unpaired) electrons. The van der Waals surface area contributed by atoms with E-state index in [1.807, 2.05) is 19.9 Å². The number of aryl methyl sites for hydroxylation is 2. The summed E-state index contributed by atoms with van der Waals surface area (Å²) in [5.74, 6) is -0.379. The molecule has 21 heavy (non-hydrogen) atoms. The Kier molecular flexibility index (Phi) is 4.87. The summed E-state index contributed by atoms with van der Waals surface area (Å²) in [6.07, 6.45) is 0.774. The largest absolute Gasteiger partial charge is 0.343 e. The predicted molar refractivity (Wildman–Crippen MR) is 80.4 cm³/mol. The van der Waals surface area contributed by atoms with E-state index in [1.54, 1.807) is 35.0 Å². The molecular formula is C16H19N3O2. The number of carbonyl (C=O) groups excluding carboxylic acids is 2. The lowest BCUT2D eigenvalue weighted by molar-refractivity contribution is 0.0897. The number of amides is 1. The number of carbonyl (C=O) groups is 2. The maximum Gasteiger partial charge on any atom is 0.269 e. The molecule has 0 fully saturated rings. The van der Waals surface area contributed by atoms with E-state index in [1.165, 1.54) is 0 Å². The summed E-state index contributed by atoms with van der Waals surface area (Å²) >= 11 is 0. The SMILES string of the molecule is CCc1cc(C(=O)NCC(=O)c2ccccc2)n(CC)n1. The second-order valence-electron chi connectivity index (χ2n) is 4.66. The van der Waals surface area contributed by atoms with Crippen LogP contribution in [0.1, 0.15) is 40.4 Å². The number of rotatable bonds is 6. The lowest BCUT2D eigenvalue weighted by Crippen LogP contribution is -2.31. The van der Waals surface area contributed by atoms with Gasteiger partial charge in [-0.05, 0) is 19.4 Å². The van der Waals surface area contributed by atoms with Crippen molar-refractivity contribution in [3.63, 3.8) is 0 Å². The molecule has 0 unspecified atom stereocenters. The zero-order valence-corrected chi connectivity index (χ0v) is 12.3. The average Bonchev–Trinajstić information content (AvgIpc) is 2.96. The van der Waals surface area contributed by atoms with Crippen molar-refractivity contribution in [2.45, 2.75) is 26.8 Å². The Morgan fingerprint density at radius 1 is 1.19 bits per heavy atom. The Morgan fingerprint density at radius 3 is 2.52 bits per heavy atom. The number of ketones is 1. The fourth-order valence-corrected chi connectivity index (χ4v) is 2.04. The lowest BCUT2D eigenvalue weighted by atomic mass is 10.1. The standard InChI is InChI=1S/C16H19N3O2/c1-3-13-10-14(19(4-2)18-13)16(21)17-11-15(20)12-8-6-5-7-9-12/h5-10H,3-4,11H2,1-2H3,(H,17,21). The predicted octanol–water partition coefficient (Wildman–Crippen LogP) is 2.08. The Labute approximate surface area is 124 Å². The highest BCUT2D eigenvalue weighted by Crippen LogP contribution is 2.06. The Morgan fingerprint density at radius 2 is 1.90 bits per heavy atom. The number of aromatic nitrogens is 2. The van der Waals surface area contributed by atoms with Crippen LogP contribution in [0.3, 0.4) is 0 Å². The van der Waals surface area contributed by atoms with E-state index in [-0.39, 0.29) is 18.2 Å². The van der Waals surface area contributed by atoms with E-state index in [2.05, 4.69) is 10.4 Å². The first-order valence-electron chi connectivity index (χ1n) is 7.08. The summed E-state index contributed by atoms with van der Waals surface area (Å²) in [5.41, 5.74) is 1.96. The van der Waals surface area contributed by atoms with Gasteiger partial charge in [0.1, 0.15) is 5.69 Å². The average molecular weight is 285 g/mol. The molecule has 1 amide bonds. The van der Waals surface area contributed by atoms with Gasteiger partial charge >= 0.3 is 0 Å². The Balaban J connectivity index is 2.02. The first kappa shape index (κ1) is 15.0. The van der Waals surface area contributed by atoms with Crippen LogP contribution >= 0.6 is 0 Å². The summed E-state index contributed by atoms with van der Waals surface area (Å²) in [4.78, 5) is 24.1. The van der Waals surface area contributed by atoms with E-state index in [4.69, 9.17) is 0 Å². The van der Waals surface area contributed by atoms with Gasteiger partial charge in [0.25, 0.3) is 5.91 Å². The van der Waals surface area contributed by atoms with Gasteiger partial charge < -0.3 is 5.32 Å². The van der Waals surface area contributed by atoms with Gasteiger partial charge in [-0.15, -0.1) is 0 Å². The number of nitrogens with one attached hydrogen (secondary N) is 1. The van der Waals surface area contributed by atoms with Gasteiger partial charge in [0.2, 0.25) is 0 Å². The third kappa shape index (κ3) is 3.56. The minimum atomic E-state index is -0.270. The lowest BCUT2D eigenvalue weighted by Gasteiger charge is -2.06. The third-order valence-corrected chi connectivity index (χ3v) is 3.23. The van der Waals surface area contributed by atoms with Crippen LogP contribution in [-0.4, -0.2) is 28.0 Å². The van der Waals surface area contributed by atoms with E-state index in [9.17, 15) is 9.59 Å². The molecule has 0 atom stereocenters. The molecule has 5 heteroatoms. The molecule has 2 rings (SSSR count). The first-order valence-corrected chi connectivity index (χ1v) is 7.08. The van der Waals surface area contributed by atoms with Crippen LogP contribution in [0.5, 0.6) is 0 Å². The van der Waals surface area contributed by atoms with Crippen molar-refractivity contribution in [3.05, 3.63) is 53.3 Å². The van der Waals surface area contributed by atoms with Crippen LogP contribution in [0.2, 0.25) is 0 Å². The first-order chi connectivity index (χ1) is 10.2. The normalized spacial score (nSPS) is 10.4. The van der Waals surface area contributed by atoms with Crippen LogP contribution in [0, 0.1) is 0 Å². The highest BCUT2D eigenvalue weighted by molar-refractivity contribution is 6.01. The molecule has 1 heterocycles. The summed E-state index contributed by atoms with van der Waals surface area (Å²) < 4.78 is 1.65. The van der Waals surface area contributed by atoms with Gasteiger partial charge in [-0.25, -0.2) is 0 Å². The van der Waals surface area contributed by atoms with Crippen LogP contribution in [0.25, 0.3) is 0 Å². The van der Waals surface area contributed by atoms with Gasteiger partial charge in [0, 0.05) is 12.1 Å². The summed E-state index contributed by atoms with van der Waals surface area (Å²) in [6.45, 7) is 4.52. The number of nitrogens with zero attached hydrogens (tertiary/aromatic N) is 2. The van der Waals surface area contributed by atoms with Gasteiger partial charge in [0.15, 0.2) is 5.78 Å². The molecule has 1 aromatic heterocycles. The van der Waals surface area contributed by atoms with Crippen LogP contribution in [-0.2, 0) is 13.0 Å². The number of benzene rings is 1. The minimum absolute atomic E-state index is 0.0147.